The summed E-state index contributed by atoms with van der Waals surface area (Å²) >= 11 is 0. The Balaban J connectivity index is 1.93. The van der Waals surface area contributed by atoms with Crippen LogP contribution in [0.2, 0.25) is 0 Å². The van der Waals surface area contributed by atoms with Crippen LogP contribution < -0.4 is 11.1 Å². The Morgan fingerprint density at radius 3 is 2.79 bits per heavy atom. The highest BCUT2D eigenvalue weighted by atomic mass is 19.1. The summed E-state index contributed by atoms with van der Waals surface area (Å²) in [5.41, 5.74) is 5.93. The van der Waals surface area contributed by atoms with Gasteiger partial charge in [0.05, 0.1) is 11.4 Å². The Hall–Kier alpha value is -1.36. The van der Waals surface area contributed by atoms with Gasteiger partial charge in [0.2, 0.25) is 0 Å². The van der Waals surface area contributed by atoms with Gasteiger partial charge in [-0.3, -0.25) is 0 Å². The van der Waals surface area contributed by atoms with Gasteiger partial charge in [0.1, 0.15) is 5.82 Å². The third-order valence-corrected chi connectivity index (χ3v) is 3.72. The van der Waals surface area contributed by atoms with Gasteiger partial charge in [-0.05, 0) is 38.8 Å². The van der Waals surface area contributed by atoms with E-state index in [4.69, 9.17) is 5.73 Å². The van der Waals surface area contributed by atoms with E-state index in [1.165, 1.54) is 6.07 Å². The Labute approximate surface area is 112 Å². The standard InChI is InChI=1S/C14H21F2N3/c1-9(2)19-4-3-10(8-19)7-18-13-6-11(15)5-12(16)14(13)17/h5-6,9-10,18H,3-4,7-8,17H2,1-2H3. The maximum absolute atomic E-state index is 13.3. The van der Waals surface area contributed by atoms with Gasteiger partial charge in [-0.25, -0.2) is 8.78 Å². The summed E-state index contributed by atoms with van der Waals surface area (Å²) in [6.07, 6.45) is 1.10. The SMILES string of the molecule is CC(C)N1CCC(CNc2cc(F)cc(F)c2N)C1. The van der Waals surface area contributed by atoms with Crippen molar-refractivity contribution >= 4 is 11.4 Å². The highest BCUT2D eigenvalue weighted by Gasteiger charge is 2.24. The molecular formula is C14H21F2N3. The second-order valence-electron chi connectivity index (χ2n) is 5.47. The number of hydrogen-bond donors (Lipinski definition) is 2. The molecular weight excluding hydrogens is 248 g/mol. The molecule has 1 unspecified atom stereocenters. The van der Waals surface area contributed by atoms with Crippen LogP contribution in [0.4, 0.5) is 20.2 Å². The van der Waals surface area contributed by atoms with Gasteiger partial charge in [0, 0.05) is 25.2 Å². The summed E-state index contributed by atoms with van der Waals surface area (Å²) in [5.74, 6) is -0.824. The molecule has 1 aliphatic rings. The largest absolute Gasteiger partial charge is 0.395 e. The molecule has 2 rings (SSSR count). The Bertz CT molecular complexity index is 449. The molecule has 1 saturated heterocycles. The zero-order valence-corrected chi connectivity index (χ0v) is 11.4. The molecule has 19 heavy (non-hydrogen) atoms. The van der Waals surface area contributed by atoms with E-state index >= 15 is 0 Å². The highest BCUT2D eigenvalue weighted by Crippen LogP contribution is 2.25. The Morgan fingerprint density at radius 2 is 2.16 bits per heavy atom. The fourth-order valence-electron chi connectivity index (χ4n) is 2.48. The molecule has 0 saturated carbocycles. The average Bonchev–Trinajstić information content (AvgIpc) is 2.81. The first-order chi connectivity index (χ1) is 8.97. The van der Waals surface area contributed by atoms with Gasteiger partial charge in [-0.2, -0.15) is 0 Å². The lowest BCUT2D eigenvalue weighted by Gasteiger charge is -2.20. The number of halogens is 2. The second-order valence-corrected chi connectivity index (χ2v) is 5.47. The number of nitrogen functional groups attached to an aromatic ring is 1. The molecule has 5 heteroatoms. The van der Waals surface area contributed by atoms with Crippen LogP contribution in [0, 0.1) is 17.6 Å². The lowest BCUT2D eigenvalue weighted by Crippen LogP contribution is -2.29. The molecule has 1 atom stereocenters. The molecule has 1 aromatic rings. The van der Waals surface area contributed by atoms with Gasteiger partial charge in [0.25, 0.3) is 0 Å². The van der Waals surface area contributed by atoms with Gasteiger partial charge >= 0.3 is 0 Å². The lowest BCUT2D eigenvalue weighted by molar-refractivity contribution is 0.266. The number of hydrogen-bond acceptors (Lipinski definition) is 3. The summed E-state index contributed by atoms with van der Waals surface area (Å²) in [5, 5.41) is 3.06. The fraction of sp³-hybridized carbons (Fsp3) is 0.571. The monoisotopic (exact) mass is 269 g/mol. The molecule has 106 valence electrons. The van der Waals surface area contributed by atoms with Crippen LogP contribution in [0.25, 0.3) is 0 Å². The average molecular weight is 269 g/mol. The van der Waals surface area contributed by atoms with Crippen molar-refractivity contribution in [3.63, 3.8) is 0 Å². The van der Waals surface area contributed by atoms with Gasteiger partial charge < -0.3 is 16.0 Å². The van der Waals surface area contributed by atoms with Crippen molar-refractivity contribution in [1.82, 2.24) is 4.90 Å². The molecule has 3 nitrogen and oxygen atoms in total. The second kappa shape index (κ2) is 5.74. The molecule has 1 heterocycles. The van der Waals surface area contributed by atoms with Crippen molar-refractivity contribution in [2.75, 3.05) is 30.7 Å². The molecule has 0 aliphatic carbocycles. The van der Waals surface area contributed by atoms with E-state index in [-0.39, 0.29) is 5.69 Å². The van der Waals surface area contributed by atoms with Crippen LogP contribution in [0.1, 0.15) is 20.3 Å². The number of nitrogens with two attached hydrogens (primary N) is 1. The number of benzene rings is 1. The first-order valence-electron chi connectivity index (χ1n) is 6.69. The first-order valence-corrected chi connectivity index (χ1v) is 6.69. The molecule has 0 spiro atoms. The third kappa shape index (κ3) is 3.35. The van der Waals surface area contributed by atoms with Crippen molar-refractivity contribution in [3.8, 4) is 0 Å². The molecule has 1 aliphatic heterocycles. The van der Waals surface area contributed by atoms with Gasteiger partial charge in [-0.1, -0.05) is 0 Å². The van der Waals surface area contributed by atoms with E-state index in [0.29, 0.717) is 24.2 Å². The first kappa shape index (κ1) is 14.1. The number of anilines is 2. The van der Waals surface area contributed by atoms with Crippen LogP contribution in [-0.2, 0) is 0 Å². The summed E-state index contributed by atoms with van der Waals surface area (Å²) in [7, 11) is 0. The van der Waals surface area contributed by atoms with Gasteiger partial charge in [0.15, 0.2) is 5.82 Å². The minimum atomic E-state index is -0.710. The summed E-state index contributed by atoms with van der Waals surface area (Å²) < 4.78 is 26.4. The van der Waals surface area contributed by atoms with Crippen LogP contribution in [0.5, 0.6) is 0 Å². The maximum atomic E-state index is 13.3. The van der Waals surface area contributed by atoms with E-state index in [1.807, 2.05) is 0 Å². The van der Waals surface area contributed by atoms with Crippen molar-refractivity contribution in [2.45, 2.75) is 26.3 Å². The van der Waals surface area contributed by atoms with Crippen LogP contribution in [-0.4, -0.2) is 30.6 Å². The number of nitrogens with zero attached hydrogens (tertiary/aromatic N) is 1. The van der Waals surface area contributed by atoms with Crippen LogP contribution in [0.3, 0.4) is 0 Å². The van der Waals surface area contributed by atoms with Crippen LogP contribution in [0.15, 0.2) is 12.1 Å². The molecule has 1 fully saturated rings. The molecule has 3 N–H and O–H groups in total. The highest BCUT2D eigenvalue weighted by molar-refractivity contribution is 5.66. The summed E-state index contributed by atoms with van der Waals surface area (Å²) in [6.45, 7) is 7.14. The zero-order valence-electron chi connectivity index (χ0n) is 11.4. The predicted molar refractivity (Wildman–Crippen MR) is 74.1 cm³/mol. The molecule has 1 aromatic carbocycles. The lowest BCUT2D eigenvalue weighted by atomic mass is 10.1. The smallest absolute Gasteiger partial charge is 0.151 e. The van der Waals surface area contributed by atoms with E-state index in [1.54, 1.807) is 0 Å². The predicted octanol–water partition coefficient (Wildman–Crippen LogP) is 2.69. The minimum Gasteiger partial charge on any atom is -0.395 e. The van der Waals surface area contributed by atoms with Crippen LogP contribution >= 0.6 is 0 Å². The number of rotatable bonds is 4. The summed E-state index contributed by atoms with van der Waals surface area (Å²) in [6, 6.07) is 2.59. The van der Waals surface area contributed by atoms with E-state index < -0.39 is 11.6 Å². The van der Waals surface area contributed by atoms with E-state index in [2.05, 4.69) is 24.1 Å². The van der Waals surface area contributed by atoms with Gasteiger partial charge in [-0.15, -0.1) is 0 Å². The van der Waals surface area contributed by atoms with Crippen molar-refractivity contribution in [2.24, 2.45) is 5.92 Å². The molecule has 0 amide bonds. The summed E-state index contributed by atoms with van der Waals surface area (Å²) in [4.78, 5) is 2.40. The normalized spacial score (nSPS) is 20.2. The van der Waals surface area contributed by atoms with Crippen molar-refractivity contribution in [3.05, 3.63) is 23.8 Å². The zero-order chi connectivity index (χ0) is 14.0. The minimum absolute atomic E-state index is 0.0138. The van der Waals surface area contributed by atoms with E-state index in [0.717, 1.165) is 25.6 Å². The topological polar surface area (TPSA) is 41.3 Å². The van der Waals surface area contributed by atoms with Crippen molar-refractivity contribution in [1.29, 1.82) is 0 Å². The fourth-order valence-corrected chi connectivity index (χ4v) is 2.48. The van der Waals surface area contributed by atoms with Crippen molar-refractivity contribution < 1.29 is 8.78 Å². The maximum Gasteiger partial charge on any atom is 0.151 e. The Kier molecular flexibility index (Phi) is 4.24. The third-order valence-electron chi connectivity index (χ3n) is 3.72. The molecule has 0 radical (unpaired) electrons. The molecule has 0 bridgehead atoms. The number of likely N-dealkylation sites (tertiary alicyclic amines) is 1. The number of nitrogens with one attached hydrogen (secondary N) is 1. The quantitative estimate of drug-likeness (QED) is 0.826. The van der Waals surface area contributed by atoms with E-state index in [9.17, 15) is 8.78 Å². The Morgan fingerprint density at radius 1 is 1.42 bits per heavy atom. The molecule has 0 aromatic heterocycles.